The van der Waals surface area contributed by atoms with Crippen LogP contribution >= 0.6 is 0 Å². The molecule has 3 saturated carbocycles. The number of imide groups is 1. The van der Waals surface area contributed by atoms with Gasteiger partial charge in [-0.15, -0.1) is 0 Å². The molecule has 4 fully saturated rings. The van der Waals surface area contributed by atoms with Gasteiger partial charge < -0.3 is 16.4 Å². The molecular formula is C20H32N4O3. The van der Waals surface area contributed by atoms with E-state index in [0.29, 0.717) is 18.3 Å². The maximum absolute atomic E-state index is 13.0. The molecule has 1 aliphatic heterocycles. The van der Waals surface area contributed by atoms with Crippen molar-refractivity contribution in [3.05, 3.63) is 0 Å². The molecule has 1 spiro atoms. The van der Waals surface area contributed by atoms with Gasteiger partial charge in [0, 0.05) is 12.1 Å². The molecule has 1 saturated heterocycles. The summed E-state index contributed by atoms with van der Waals surface area (Å²) >= 11 is 0. The molecule has 0 aromatic rings. The van der Waals surface area contributed by atoms with Gasteiger partial charge in [-0.25, -0.2) is 4.79 Å². The quantitative estimate of drug-likeness (QED) is 0.649. The van der Waals surface area contributed by atoms with Gasteiger partial charge in [0.15, 0.2) is 0 Å². The van der Waals surface area contributed by atoms with Gasteiger partial charge in [-0.2, -0.15) is 0 Å². The predicted molar refractivity (Wildman–Crippen MR) is 101 cm³/mol. The molecule has 2 bridgehead atoms. The highest BCUT2D eigenvalue weighted by Gasteiger charge is 2.55. The van der Waals surface area contributed by atoms with Gasteiger partial charge in [-0.1, -0.05) is 26.2 Å². The molecule has 4 amide bonds. The Labute approximate surface area is 160 Å². The Morgan fingerprint density at radius 2 is 1.89 bits per heavy atom. The van der Waals surface area contributed by atoms with Crippen molar-refractivity contribution in [3.63, 3.8) is 0 Å². The summed E-state index contributed by atoms with van der Waals surface area (Å²) in [6, 6.07) is -0.0591. The summed E-state index contributed by atoms with van der Waals surface area (Å²) in [7, 11) is 0. The standard InChI is InChI=1S/C20H32N4O3/c1-12-5-2-3-8-20(12)18(26)24(19(27)23-20)11-16(25)22-17-13-6-4-7-14(17)10-15(21)9-13/h12-15,17H,2-11,21H2,1H3,(H,22,25)(H,23,27). The highest BCUT2D eigenvalue weighted by Crippen LogP contribution is 2.40. The first-order valence-corrected chi connectivity index (χ1v) is 10.6. The van der Waals surface area contributed by atoms with Gasteiger partial charge in [0.25, 0.3) is 5.91 Å². The fraction of sp³-hybridized carbons (Fsp3) is 0.850. The van der Waals surface area contributed by atoms with Crippen LogP contribution in [0.1, 0.15) is 64.7 Å². The van der Waals surface area contributed by atoms with Crippen LogP contribution in [0.3, 0.4) is 0 Å². The molecule has 4 atom stereocenters. The molecule has 1 heterocycles. The zero-order valence-corrected chi connectivity index (χ0v) is 16.2. The smallest absolute Gasteiger partial charge is 0.325 e. The lowest BCUT2D eigenvalue weighted by Crippen LogP contribution is -2.56. The second-order valence-electron chi connectivity index (χ2n) is 9.22. The number of nitrogens with one attached hydrogen (secondary N) is 2. The predicted octanol–water partition coefficient (Wildman–Crippen LogP) is 1.51. The molecule has 4 aliphatic rings. The zero-order valence-electron chi connectivity index (χ0n) is 16.2. The van der Waals surface area contributed by atoms with Crippen LogP contribution in [0, 0.1) is 17.8 Å². The van der Waals surface area contributed by atoms with Gasteiger partial charge in [0.05, 0.1) is 0 Å². The number of hydrogen-bond acceptors (Lipinski definition) is 4. The molecule has 7 nitrogen and oxygen atoms in total. The fourth-order valence-corrected chi connectivity index (χ4v) is 6.04. The number of carbonyl (C=O) groups is 3. The Morgan fingerprint density at radius 3 is 2.56 bits per heavy atom. The summed E-state index contributed by atoms with van der Waals surface area (Å²) in [5.74, 6) is 0.501. The SMILES string of the molecule is CC1CCCCC12NC(=O)N(CC(=O)NC1C3CCCC1CC(N)C3)C2=O. The van der Waals surface area contributed by atoms with Crippen LogP contribution < -0.4 is 16.4 Å². The van der Waals surface area contributed by atoms with Crippen molar-refractivity contribution in [2.75, 3.05) is 6.54 Å². The number of nitrogens with zero attached hydrogens (tertiary/aromatic N) is 1. The highest BCUT2D eigenvalue weighted by molar-refractivity contribution is 6.09. The van der Waals surface area contributed by atoms with Gasteiger partial charge in [-0.3, -0.25) is 14.5 Å². The van der Waals surface area contributed by atoms with Crippen molar-refractivity contribution in [1.82, 2.24) is 15.5 Å². The number of hydrogen-bond donors (Lipinski definition) is 3. The minimum atomic E-state index is -0.802. The lowest BCUT2D eigenvalue weighted by molar-refractivity contribution is -0.137. The van der Waals surface area contributed by atoms with E-state index in [1.54, 1.807) is 0 Å². The van der Waals surface area contributed by atoms with Crippen molar-refractivity contribution in [2.45, 2.75) is 82.3 Å². The molecule has 7 heteroatoms. The van der Waals surface area contributed by atoms with Gasteiger partial charge in [0.2, 0.25) is 5.91 Å². The average Bonchev–Trinajstić information content (AvgIpc) is 2.83. The number of carbonyl (C=O) groups excluding carboxylic acids is 3. The summed E-state index contributed by atoms with van der Waals surface area (Å²) in [5, 5.41) is 6.06. The first-order chi connectivity index (χ1) is 12.9. The third-order valence-corrected chi connectivity index (χ3v) is 7.51. The molecule has 0 aromatic heterocycles. The summed E-state index contributed by atoms with van der Waals surface area (Å²) < 4.78 is 0. The number of nitrogens with two attached hydrogens (primary N) is 1. The van der Waals surface area contributed by atoms with Crippen molar-refractivity contribution in [2.24, 2.45) is 23.5 Å². The van der Waals surface area contributed by atoms with E-state index in [1.165, 1.54) is 6.42 Å². The molecule has 150 valence electrons. The van der Waals surface area contributed by atoms with Crippen LogP contribution in [-0.4, -0.2) is 46.9 Å². The largest absolute Gasteiger partial charge is 0.351 e. The monoisotopic (exact) mass is 376 g/mol. The normalized spacial score (nSPS) is 41.6. The Balaban J connectivity index is 1.41. The number of fused-ring (bicyclic) bond motifs is 2. The van der Waals surface area contributed by atoms with E-state index in [0.717, 1.165) is 49.8 Å². The first-order valence-electron chi connectivity index (χ1n) is 10.6. The highest BCUT2D eigenvalue weighted by atomic mass is 16.2. The first kappa shape index (κ1) is 18.7. The summed E-state index contributed by atoms with van der Waals surface area (Å²) in [6.45, 7) is 1.84. The van der Waals surface area contributed by atoms with E-state index in [2.05, 4.69) is 10.6 Å². The van der Waals surface area contributed by atoms with E-state index in [4.69, 9.17) is 5.73 Å². The summed E-state index contributed by atoms with van der Waals surface area (Å²) in [4.78, 5) is 39.3. The summed E-state index contributed by atoms with van der Waals surface area (Å²) in [5.41, 5.74) is 5.36. The van der Waals surface area contributed by atoms with Gasteiger partial charge in [0.1, 0.15) is 12.1 Å². The third kappa shape index (κ3) is 3.24. The second-order valence-corrected chi connectivity index (χ2v) is 9.22. The Kier molecular flexibility index (Phi) is 4.91. The lowest BCUT2D eigenvalue weighted by atomic mass is 9.67. The molecule has 0 radical (unpaired) electrons. The van der Waals surface area contributed by atoms with Crippen LogP contribution in [0.2, 0.25) is 0 Å². The zero-order chi connectivity index (χ0) is 19.2. The van der Waals surface area contributed by atoms with Crippen molar-refractivity contribution in [3.8, 4) is 0 Å². The van der Waals surface area contributed by atoms with Crippen molar-refractivity contribution >= 4 is 17.8 Å². The van der Waals surface area contributed by atoms with E-state index < -0.39 is 11.6 Å². The lowest BCUT2D eigenvalue weighted by Gasteiger charge is -2.45. The topological polar surface area (TPSA) is 105 Å². The molecule has 4 rings (SSSR count). The van der Waals surface area contributed by atoms with Crippen molar-refractivity contribution in [1.29, 1.82) is 0 Å². The fourth-order valence-electron chi connectivity index (χ4n) is 6.04. The molecule has 0 aromatic carbocycles. The van der Waals surface area contributed by atoms with E-state index in [1.807, 2.05) is 6.92 Å². The van der Waals surface area contributed by atoms with Gasteiger partial charge >= 0.3 is 6.03 Å². The maximum atomic E-state index is 13.0. The second kappa shape index (κ2) is 7.08. The van der Waals surface area contributed by atoms with E-state index >= 15 is 0 Å². The number of rotatable bonds is 3. The average molecular weight is 377 g/mol. The van der Waals surface area contributed by atoms with Crippen LogP contribution in [0.4, 0.5) is 4.79 Å². The van der Waals surface area contributed by atoms with Crippen LogP contribution in [0.25, 0.3) is 0 Å². The molecule has 4 N–H and O–H groups in total. The van der Waals surface area contributed by atoms with Crippen LogP contribution in [0.15, 0.2) is 0 Å². The van der Waals surface area contributed by atoms with Gasteiger partial charge in [-0.05, 0) is 56.3 Å². The van der Waals surface area contributed by atoms with Crippen LogP contribution in [-0.2, 0) is 9.59 Å². The Morgan fingerprint density at radius 1 is 1.19 bits per heavy atom. The maximum Gasteiger partial charge on any atom is 0.325 e. The van der Waals surface area contributed by atoms with Crippen LogP contribution in [0.5, 0.6) is 0 Å². The Hall–Kier alpha value is -1.63. The number of amides is 4. The molecular weight excluding hydrogens is 344 g/mol. The minimum absolute atomic E-state index is 0.106. The van der Waals surface area contributed by atoms with E-state index in [9.17, 15) is 14.4 Å². The minimum Gasteiger partial charge on any atom is -0.351 e. The number of urea groups is 1. The Bertz CT molecular complexity index is 625. The van der Waals surface area contributed by atoms with E-state index in [-0.39, 0.29) is 36.4 Å². The molecule has 27 heavy (non-hydrogen) atoms. The third-order valence-electron chi connectivity index (χ3n) is 7.51. The summed E-state index contributed by atoms with van der Waals surface area (Å²) in [6.07, 6.45) is 8.90. The van der Waals surface area contributed by atoms with Crippen molar-refractivity contribution < 1.29 is 14.4 Å². The molecule has 4 unspecified atom stereocenters. The molecule has 3 aliphatic carbocycles.